The molecule has 108 valence electrons. The smallest absolute Gasteiger partial charge is 0.119 e. The molecule has 0 saturated heterocycles. The van der Waals surface area contributed by atoms with Crippen LogP contribution in [0.4, 0.5) is 0 Å². The highest BCUT2D eigenvalue weighted by Gasteiger charge is 2.12. The first-order valence-electron chi connectivity index (χ1n) is 7.47. The lowest BCUT2D eigenvalue weighted by molar-refractivity contribution is 0.305. The molecule has 0 aliphatic rings. The van der Waals surface area contributed by atoms with Crippen molar-refractivity contribution >= 4 is 15.9 Å². The van der Waals surface area contributed by atoms with Crippen LogP contribution in [-0.4, -0.2) is 11.9 Å². The largest absolute Gasteiger partial charge is 0.494 e. The summed E-state index contributed by atoms with van der Waals surface area (Å²) in [5.74, 6) is 2.23. The fraction of sp³-hybridized carbons (Fsp3) is 0.647. The summed E-state index contributed by atoms with van der Waals surface area (Å²) in [6.07, 6.45) is 5.02. The first-order chi connectivity index (χ1) is 9.19. The van der Waals surface area contributed by atoms with Gasteiger partial charge in [0.2, 0.25) is 0 Å². The molecule has 0 amide bonds. The Morgan fingerprint density at radius 3 is 2.32 bits per heavy atom. The maximum absolute atomic E-state index is 5.76. The van der Waals surface area contributed by atoms with Crippen LogP contribution >= 0.6 is 15.9 Å². The normalized spacial score (nSPS) is 14.1. The second-order valence-corrected chi connectivity index (χ2v) is 6.05. The second kappa shape index (κ2) is 9.41. The standard InChI is InChI=1S/C17H27BrO/c1-4-5-6-7-12-19-17-10-8-16(9-11-17)15(3)14(2)13-18/h8-11,14-15H,4-7,12-13H2,1-3H3. The molecule has 1 aromatic rings. The van der Waals surface area contributed by atoms with E-state index in [0.717, 1.165) is 24.1 Å². The lowest BCUT2D eigenvalue weighted by atomic mass is 9.90. The molecular formula is C17H27BrO. The van der Waals surface area contributed by atoms with Crippen LogP contribution in [0.5, 0.6) is 5.75 Å². The fourth-order valence-electron chi connectivity index (χ4n) is 2.05. The Hall–Kier alpha value is -0.500. The summed E-state index contributed by atoms with van der Waals surface area (Å²) in [4.78, 5) is 0. The Labute approximate surface area is 126 Å². The SMILES string of the molecule is CCCCCCOc1ccc(C(C)C(C)CBr)cc1. The minimum absolute atomic E-state index is 0.581. The van der Waals surface area contributed by atoms with Crippen molar-refractivity contribution in [3.05, 3.63) is 29.8 Å². The number of ether oxygens (including phenoxy) is 1. The summed E-state index contributed by atoms with van der Waals surface area (Å²) >= 11 is 3.56. The van der Waals surface area contributed by atoms with E-state index in [4.69, 9.17) is 4.74 Å². The van der Waals surface area contributed by atoms with Crippen molar-refractivity contribution in [3.63, 3.8) is 0 Å². The lowest BCUT2D eigenvalue weighted by Crippen LogP contribution is -2.07. The molecule has 0 aliphatic carbocycles. The van der Waals surface area contributed by atoms with E-state index < -0.39 is 0 Å². The molecular weight excluding hydrogens is 300 g/mol. The zero-order valence-electron chi connectivity index (χ0n) is 12.5. The van der Waals surface area contributed by atoms with Gasteiger partial charge in [-0.15, -0.1) is 0 Å². The van der Waals surface area contributed by atoms with Gasteiger partial charge in [0.1, 0.15) is 5.75 Å². The molecule has 1 aromatic carbocycles. The summed E-state index contributed by atoms with van der Waals surface area (Å²) in [7, 11) is 0. The van der Waals surface area contributed by atoms with Gasteiger partial charge in [0.25, 0.3) is 0 Å². The number of hydrogen-bond donors (Lipinski definition) is 0. The fourth-order valence-corrected chi connectivity index (χ4v) is 2.61. The molecule has 0 aliphatic heterocycles. The quantitative estimate of drug-likeness (QED) is 0.413. The zero-order chi connectivity index (χ0) is 14.1. The predicted molar refractivity (Wildman–Crippen MR) is 87.5 cm³/mol. The van der Waals surface area contributed by atoms with Crippen LogP contribution in [0.2, 0.25) is 0 Å². The van der Waals surface area contributed by atoms with E-state index >= 15 is 0 Å². The predicted octanol–water partition coefficient (Wildman–Crippen LogP) is 5.78. The Bertz CT molecular complexity index is 334. The van der Waals surface area contributed by atoms with E-state index in [1.165, 1.54) is 24.8 Å². The van der Waals surface area contributed by atoms with Gasteiger partial charge in [-0.3, -0.25) is 0 Å². The summed E-state index contributed by atoms with van der Waals surface area (Å²) in [5, 5.41) is 1.05. The Morgan fingerprint density at radius 2 is 1.74 bits per heavy atom. The maximum Gasteiger partial charge on any atom is 0.119 e. The summed E-state index contributed by atoms with van der Waals surface area (Å²) in [6, 6.07) is 8.61. The van der Waals surface area contributed by atoms with E-state index in [1.54, 1.807) is 0 Å². The van der Waals surface area contributed by atoms with Crippen molar-refractivity contribution in [1.29, 1.82) is 0 Å². The lowest BCUT2D eigenvalue weighted by Gasteiger charge is -2.18. The summed E-state index contributed by atoms with van der Waals surface area (Å²) in [5.41, 5.74) is 1.39. The van der Waals surface area contributed by atoms with Crippen molar-refractivity contribution in [1.82, 2.24) is 0 Å². The van der Waals surface area contributed by atoms with Crippen molar-refractivity contribution in [2.45, 2.75) is 52.4 Å². The van der Waals surface area contributed by atoms with E-state index in [1.807, 2.05) is 0 Å². The first kappa shape index (κ1) is 16.6. The molecule has 2 atom stereocenters. The van der Waals surface area contributed by atoms with Crippen molar-refractivity contribution in [3.8, 4) is 5.75 Å². The highest BCUT2D eigenvalue weighted by atomic mass is 79.9. The van der Waals surface area contributed by atoms with Crippen molar-refractivity contribution in [2.75, 3.05) is 11.9 Å². The third kappa shape index (κ3) is 5.99. The molecule has 19 heavy (non-hydrogen) atoms. The van der Waals surface area contributed by atoms with E-state index in [9.17, 15) is 0 Å². The molecule has 0 aromatic heterocycles. The third-order valence-electron chi connectivity index (χ3n) is 3.77. The number of alkyl halides is 1. The number of unbranched alkanes of at least 4 members (excludes halogenated alkanes) is 3. The number of hydrogen-bond acceptors (Lipinski definition) is 1. The molecule has 0 N–H and O–H groups in total. The van der Waals surface area contributed by atoms with E-state index in [0.29, 0.717) is 11.8 Å². The molecule has 1 rings (SSSR count). The Balaban J connectivity index is 2.39. The minimum atomic E-state index is 0.581. The van der Waals surface area contributed by atoms with Crippen LogP contribution in [0, 0.1) is 5.92 Å². The van der Waals surface area contributed by atoms with Gasteiger partial charge in [-0.1, -0.05) is 68.1 Å². The van der Waals surface area contributed by atoms with Gasteiger partial charge in [0.05, 0.1) is 6.61 Å². The molecule has 2 heteroatoms. The van der Waals surface area contributed by atoms with Crippen molar-refractivity contribution in [2.24, 2.45) is 5.92 Å². The molecule has 1 nitrogen and oxygen atoms in total. The van der Waals surface area contributed by atoms with Crippen LogP contribution in [-0.2, 0) is 0 Å². The third-order valence-corrected chi connectivity index (χ3v) is 4.79. The molecule has 2 unspecified atom stereocenters. The topological polar surface area (TPSA) is 9.23 Å². The van der Waals surface area contributed by atoms with Crippen LogP contribution in [0.15, 0.2) is 24.3 Å². The molecule has 0 spiro atoms. The van der Waals surface area contributed by atoms with Gasteiger partial charge in [-0.2, -0.15) is 0 Å². The summed E-state index contributed by atoms with van der Waals surface area (Å²) in [6.45, 7) is 7.63. The van der Waals surface area contributed by atoms with E-state index in [2.05, 4.69) is 61.0 Å². The van der Waals surface area contributed by atoms with Crippen LogP contribution < -0.4 is 4.74 Å². The second-order valence-electron chi connectivity index (χ2n) is 5.40. The Morgan fingerprint density at radius 1 is 1.05 bits per heavy atom. The molecule has 0 saturated carbocycles. The number of halogens is 1. The molecule has 0 bridgehead atoms. The average Bonchev–Trinajstić information content (AvgIpc) is 2.46. The van der Waals surface area contributed by atoms with Gasteiger partial charge in [0, 0.05) is 5.33 Å². The Kier molecular flexibility index (Phi) is 8.20. The molecule has 0 radical (unpaired) electrons. The summed E-state index contributed by atoms with van der Waals surface area (Å²) < 4.78 is 5.76. The molecule has 0 fully saturated rings. The van der Waals surface area contributed by atoms with Crippen molar-refractivity contribution < 1.29 is 4.74 Å². The van der Waals surface area contributed by atoms with Crippen LogP contribution in [0.25, 0.3) is 0 Å². The minimum Gasteiger partial charge on any atom is -0.494 e. The van der Waals surface area contributed by atoms with Crippen LogP contribution in [0.1, 0.15) is 57.9 Å². The first-order valence-corrected chi connectivity index (χ1v) is 8.59. The van der Waals surface area contributed by atoms with Crippen LogP contribution in [0.3, 0.4) is 0 Å². The van der Waals surface area contributed by atoms with E-state index in [-0.39, 0.29) is 0 Å². The maximum atomic E-state index is 5.76. The monoisotopic (exact) mass is 326 g/mol. The number of benzene rings is 1. The van der Waals surface area contributed by atoms with Gasteiger partial charge in [-0.05, 0) is 36.0 Å². The van der Waals surface area contributed by atoms with Gasteiger partial charge < -0.3 is 4.74 Å². The van der Waals surface area contributed by atoms with Gasteiger partial charge in [-0.25, -0.2) is 0 Å². The average molecular weight is 327 g/mol. The number of rotatable bonds is 9. The van der Waals surface area contributed by atoms with Gasteiger partial charge in [0.15, 0.2) is 0 Å². The zero-order valence-corrected chi connectivity index (χ0v) is 14.1. The van der Waals surface area contributed by atoms with Gasteiger partial charge >= 0.3 is 0 Å². The molecule has 0 heterocycles. The highest BCUT2D eigenvalue weighted by Crippen LogP contribution is 2.26. The highest BCUT2D eigenvalue weighted by molar-refractivity contribution is 9.09.